The lowest BCUT2D eigenvalue weighted by Gasteiger charge is -2.33. The number of benzene rings is 2. The molecule has 3 nitrogen and oxygen atoms in total. The van der Waals surface area contributed by atoms with Gasteiger partial charge in [0.2, 0.25) is 0 Å². The van der Waals surface area contributed by atoms with Crippen LogP contribution in [-0.2, 0) is 0 Å². The monoisotopic (exact) mass is 417 g/mol. The highest BCUT2D eigenvalue weighted by Crippen LogP contribution is 2.50. The molecule has 3 heterocycles. The summed E-state index contributed by atoms with van der Waals surface area (Å²) in [4.78, 5) is 15.0. The normalized spacial score (nSPS) is 23.1. The second-order valence-corrected chi connectivity index (χ2v) is 9.39. The van der Waals surface area contributed by atoms with Gasteiger partial charge in [0.1, 0.15) is 6.04 Å². The van der Waals surface area contributed by atoms with Gasteiger partial charge in [-0.2, -0.15) is 0 Å². The zero-order chi connectivity index (χ0) is 19.6. The molecule has 0 amide bonds. The Morgan fingerprint density at radius 3 is 2.59 bits per heavy atom. The van der Waals surface area contributed by atoms with E-state index in [2.05, 4.69) is 83.5 Å². The van der Waals surface area contributed by atoms with Crippen molar-refractivity contribution in [3.8, 4) is 0 Å². The summed E-state index contributed by atoms with van der Waals surface area (Å²) in [5.41, 5.74) is 2.39. The Labute approximate surface area is 180 Å². The SMILES string of the molecule is CC[C@@H]1CSC2=N[C@@H](c3ccccn3)[C@@H](c3ccccc3Sc3ccccc3)N21. The third kappa shape index (κ3) is 3.58. The van der Waals surface area contributed by atoms with Gasteiger partial charge in [0.25, 0.3) is 0 Å². The highest BCUT2D eigenvalue weighted by atomic mass is 32.2. The van der Waals surface area contributed by atoms with Crippen LogP contribution in [0.3, 0.4) is 0 Å². The van der Waals surface area contributed by atoms with E-state index in [1.165, 1.54) is 20.5 Å². The molecule has 0 unspecified atom stereocenters. The molecule has 5 heteroatoms. The molecule has 0 spiro atoms. The number of aromatic nitrogens is 1. The van der Waals surface area contributed by atoms with Crippen molar-refractivity contribution in [2.45, 2.75) is 41.3 Å². The zero-order valence-corrected chi connectivity index (χ0v) is 17.9. The minimum absolute atomic E-state index is 0.0329. The van der Waals surface area contributed by atoms with E-state index in [1.54, 1.807) is 0 Å². The maximum absolute atomic E-state index is 5.16. The van der Waals surface area contributed by atoms with Gasteiger partial charge in [-0.3, -0.25) is 9.98 Å². The lowest BCUT2D eigenvalue weighted by molar-refractivity contribution is 0.252. The van der Waals surface area contributed by atoms with Crippen molar-refractivity contribution in [1.29, 1.82) is 0 Å². The van der Waals surface area contributed by atoms with E-state index in [1.807, 2.05) is 35.8 Å². The van der Waals surface area contributed by atoms with E-state index in [4.69, 9.17) is 4.99 Å². The van der Waals surface area contributed by atoms with E-state index >= 15 is 0 Å². The van der Waals surface area contributed by atoms with Crippen LogP contribution in [0, 0.1) is 0 Å². The summed E-state index contributed by atoms with van der Waals surface area (Å²) < 4.78 is 0. The predicted octanol–water partition coefficient (Wildman–Crippen LogP) is 6.21. The number of amidine groups is 1. The van der Waals surface area contributed by atoms with Crippen molar-refractivity contribution in [3.63, 3.8) is 0 Å². The highest BCUT2D eigenvalue weighted by molar-refractivity contribution is 8.14. The first-order valence-corrected chi connectivity index (χ1v) is 11.9. The van der Waals surface area contributed by atoms with Crippen molar-refractivity contribution < 1.29 is 0 Å². The Morgan fingerprint density at radius 2 is 1.79 bits per heavy atom. The number of aliphatic imine (C=N–C) groups is 1. The van der Waals surface area contributed by atoms with E-state index in [0.29, 0.717) is 6.04 Å². The third-order valence-corrected chi connectivity index (χ3v) is 7.76. The van der Waals surface area contributed by atoms with Gasteiger partial charge in [0.15, 0.2) is 5.17 Å². The standard InChI is InChI=1S/C24H23N3S2/c1-2-17-16-28-24-26-22(20-13-8-9-15-25-20)23(27(17)24)19-12-6-7-14-21(19)29-18-10-4-3-5-11-18/h3-15,17,22-23H,2,16H2,1H3/t17-,22+,23-/m1/s1. The molecule has 2 aliphatic heterocycles. The van der Waals surface area contributed by atoms with Crippen LogP contribution in [0.25, 0.3) is 0 Å². The minimum Gasteiger partial charge on any atom is -0.338 e. The van der Waals surface area contributed by atoms with E-state index in [-0.39, 0.29) is 12.1 Å². The van der Waals surface area contributed by atoms with Crippen molar-refractivity contribution in [2.24, 2.45) is 4.99 Å². The maximum atomic E-state index is 5.16. The topological polar surface area (TPSA) is 28.5 Å². The maximum Gasteiger partial charge on any atom is 0.160 e. The summed E-state index contributed by atoms with van der Waals surface area (Å²) in [6.07, 6.45) is 3.01. The Morgan fingerprint density at radius 1 is 1.00 bits per heavy atom. The molecule has 0 saturated carbocycles. The van der Waals surface area contributed by atoms with Gasteiger partial charge < -0.3 is 4.90 Å². The number of fused-ring (bicyclic) bond motifs is 1. The Kier molecular flexibility index (Phi) is 5.34. The first-order chi connectivity index (χ1) is 14.3. The van der Waals surface area contributed by atoms with Gasteiger partial charge in [-0.05, 0) is 42.3 Å². The molecule has 3 aromatic rings. The summed E-state index contributed by atoms with van der Waals surface area (Å²) in [7, 11) is 0. The molecule has 0 aliphatic carbocycles. The van der Waals surface area contributed by atoms with Crippen LogP contribution < -0.4 is 0 Å². The molecule has 29 heavy (non-hydrogen) atoms. The first kappa shape index (κ1) is 18.8. The van der Waals surface area contributed by atoms with Gasteiger partial charge in [0, 0.05) is 27.8 Å². The smallest absolute Gasteiger partial charge is 0.160 e. The average Bonchev–Trinajstić information content (AvgIpc) is 3.35. The molecule has 2 aromatic carbocycles. The van der Waals surface area contributed by atoms with Crippen molar-refractivity contribution >= 4 is 28.7 Å². The molecule has 0 bridgehead atoms. The Bertz CT molecular complexity index is 1010. The largest absolute Gasteiger partial charge is 0.338 e. The molecule has 1 saturated heterocycles. The molecular formula is C24H23N3S2. The fraction of sp³-hybridized carbons (Fsp3) is 0.250. The molecule has 1 aromatic heterocycles. The van der Waals surface area contributed by atoms with E-state index in [0.717, 1.165) is 17.9 Å². The molecule has 146 valence electrons. The first-order valence-electron chi connectivity index (χ1n) is 10.1. The van der Waals surface area contributed by atoms with Gasteiger partial charge in [-0.25, -0.2) is 0 Å². The molecule has 5 rings (SSSR count). The van der Waals surface area contributed by atoms with Gasteiger partial charge in [-0.15, -0.1) is 0 Å². The number of rotatable bonds is 5. The fourth-order valence-electron chi connectivity index (χ4n) is 4.12. The van der Waals surface area contributed by atoms with Crippen molar-refractivity contribution in [1.82, 2.24) is 9.88 Å². The van der Waals surface area contributed by atoms with Crippen LogP contribution in [0.1, 0.15) is 36.7 Å². The summed E-state index contributed by atoms with van der Waals surface area (Å²) in [5, 5.41) is 1.18. The van der Waals surface area contributed by atoms with Crippen LogP contribution >= 0.6 is 23.5 Å². The van der Waals surface area contributed by atoms with Crippen LogP contribution in [-0.4, -0.2) is 26.8 Å². The number of nitrogens with zero attached hydrogens (tertiary/aromatic N) is 3. The molecule has 2 aliphatic rings. The highest BCUT2D eigenvalue weighted by Gasteiger charge is 2.46. The molecular weight excluding hydrogens is 394 g/mol. The Balaban J connectivity index is 1.59. The van der Waals surface area contributed by atoms with E-state index in [9.17, 15) is 0 Å². The van der Waals surface area contributed by atoms with Crippen LogP contribution in [0.4, 0.5) is 0 Å². The summed E-state index contributed by atoms with van der Waals surface area (Å²) >= 11 is 3.73. The number of hydrogen-bond acceptors (Lipinski definition) is 5. The van der Waals surface area contributed by atoms with Crippen molar-refractivity contribution in [3.05, 3.63) is 90.3 Å². The van der Waals surface area contributed by atoms with Crippen molar-refractivity contribution in [2.75, 3.05) is 5.75 Å². The summed E-state index contributed by atoms with van der Waals surface area (Å²) in [5.74, 6) is 1.12. The number of hydrogen-bond donors (Lipinski definition) is 0. The quantitative estimate of drug-likeness (QED) is 0.493. The van der Waals surface area contributed by atoms with Crippen LogP contribution in [0.2, 0.25) is 0 Å². The lowest BCUT2D eigenvalue weighted by atomic mass is 9.95. The Hall–Kier alpha value is -2.24. The van der Waals surface area contributed by atoms with Gasteiger partial charge >= 0.3 is 0 Å². The van der Waals surface area contributed by atoms with Crippen LogP contribution in [0.5, 0.6) is 0 Å². The number of thioether (sulfide) groups is 1. The third-order valence-electron chi connectivity index (χ3n) is 5.54. The summed E-state index contributed by atoms with van der Waals surface area (Å²) in [6, 6.07) is 26.3. The van der Waals surface area contributed by atoms with Gasteiger partial charge in [-0.1, -0.05) is 72.9 Å². The second-order valence-electron chi connectivity index (χ2n) is 7.29. The average molecular weight is 418 g/mol. The van der Waals surface area contributed by atoms with E-state index < -0.39 is 0 Å². The molecule has 1 fully saturated rings. The number of pyridine rings is 1. The van der Waals surface area contributed by atoms with Gasteiger partial charge in [0.05, 0.1) is 11.7 Å². The molecule has 3 atom stereocenters. The predicted molar refractivity (Wildman–Crippen MR) is 123 cm³/mol. The molecule has 0 radical (unpaired) electrons. The fourth-order valence-corrected chi connectivity index (χ4v) is 6.46. The lowest BCUT2D eigenvalue weighted by Crippen LogP contribution is -2.35. The minimum atomic E-state index is 0.0329. The zero-order valence-electron chi connectivity index (χ0n) is 16.3. The summed E-state index contributed by atoms with van der Waals surface area (Å²) in [6.45, 7) is 2.28. The second kappa shape index (κ2) is 8.25. The molecule has 0 N–H and O–H groups in total. The van der Waals surface area contributed by atoms with Crippen LogP contribution in [0.15, 0.2) is 93.8 Å².